The monoisotopic (exact) mass is 165 g/mol. The van der Waals surface area contributed by atoms with Crippen molar-refractivity contribution < 1.29 is 4.74 Å². The Balaban J connectivity index is 1.86. The summed E-state index contributed by atoms with van der Waals surface area (Å²) in [4.78, 5) is 0. The van der Waals surface area contributed by atoms with Crippen LogP contribution in [0.2, 0.25) is 0 Å². The predicted octanol–water partition coefficient (Wildman–Crippen LogP) is 1.91. The number of rotatable bonds is 2. The van der Waals surface area contributed by atoms with Gasteiger partial charge in [0.1, 0.15) is 0 Å². The van der Waals surface area contributed by atoms with Crippen molar-refractivity contribution in [3.8, 4) is 0 Å². The fraction of sp³-hybridized carbons (Fsp3) is 0.600. The summed E-state index contributed by atoms with van der Waals surface area (Å²) in [5.41, 5.74) is 0. The van der Waals surface area contributed by atoms with Crippen LogP contribution in [0, 0.1) is 5.92 Å². The molecule has 1 aromatic heterocycles. The van der Waals surface area contributed by atoms with Gasteiger partial charge in [0.15, 0.2) is 0 Å². The van der Waals surface area contributed by atoms with Crippen molar-refractivity contribution in [3.05, 3.63) is 24.5 Å². The van der Waals surface area contributed by atoms with Gasteiger partial charge in [-0.25, -0.2) is 0 Å². The van der Waals surface area contributed by atoms with E-state index in [0.717, 1.165) is 25.7 Å². The van der Waals surface area contributed by atoms with Gasteiger partial charge in [-0.15, -0.1) is 0 Å². The maximum absolute atomic E-state index is 5.31. The lowest BCUT2D eigenvalue weighted by molar-refractivity contribution is 0.0613. The molecule has 1 saturated heterocycles. The van der Waals surface area contributed by atoms with Crippen LogP contribution in [0.15, 0.2) is 24.5 Å². The van der Waals surface area contributed by atoms with Crippen LogP contribution in [0.4, 0.5) is 0 Å². The molecule has 2 heteroatoms. The van der Waals surface area contributed by atoms with E-state index in [1.54, 1.807) is 0 Å². The third-order valence-corrected chi connectivity index (χ3v) is 2.48. The van der Waals surface area contributed by atoms with Crippen molar-refractivity contribution in [3.63, 3.8) is 0 Å². The molecule has 0 spiro atoms. The Morgan fingerprint density at radius 2 is 1.83 bits per heavy atom. The highest BCUT2D eigenvalue weighted by atomic mass is 16.5. The number of hydrogen-bond acceptors (Lipinski definition) is 1. The molecule has 0 saturated carbocycles. The van der Waals surface area contributed by atoms with Gasteiger partial charge in [-0.1, -0.05) is 0 Å². The molecule has 2 rings (SSSR count). The van der Waals surface area contributed by atoms with Crippen molar-refractivity contribution in [2.75, 3.05) is 13.2 Å². The minimum atomic E-state index is 0.825. The van der Waals surface area contributed by atoms with Crippen LogP contribution in [0.1, 0.15) is 12.8 Å². The lowest BCUT2D eigenvalue weighted by atomic mass is 10.0. The van der Waals surface area contributed by atoms with Gasteiger partial charge in [0.2, 0.25) is 0 Å². The van der Waals surface area contributed by atoms with Gasteiger partial charge >= 0.3 is 0 Å². The average molecular weight is 165 g/mol. The van der Waals surface area contributed by atoms with Crippen molar-refractivity contribution in [1.29, 1.82) is 0 Å². The molecule has 66 valence electrons. The van der Waals surface area contributed by atoms with Crippen LogP contribution in [-0.4, -0.2) is 17.8 Å². The molecule has 0 bridgehead atoms. The molecule has 12 heavy (non-hydrogen) atoms. The van der Waals surface area contributed by atoms with Crippen molar-refractivity contribution in [2.24, 2.45) is 5.92 Å². The van der Waals surface area contributed by atoms with Gasteiger partial charge in [0.05, 0.1) is 0 Å². The van der Waals surface area contributed by atoms with Gasteiger partial charge in [-0.05, 0) is 30.9 Å². The van der Waals surface area contributed by atoms with Gasteiger partial charge < -0.3 is 9.30 Å². The van der Waals surface area contributed by atoms with Crippen LogP contribution in [0.5, 0.6) is 0 Å². The first kappa shape index (κ1) is 7.87. The maximum atomic E-state index is 5.31. The summed E-state index contributed by atoms with van der Waals surface area (Å²) in [6.45, 7) is 3.06. The summed E-state index contributed by atoms with van der Waals surface area (Å²) >= 11 is 0. The van der Waals surface area contributed by atoms with Crippen molar-refractivity contribution in [2.45, 2.75) is 19.4 Å². The number of hydrogen-bond donors (Lipinski definition) is 0. The van der Waals surface area contributed by atoms with Gasteiger partial charge in [0.25, 0.3) is 0 Å². The minimum Gasteiger partial charge on any atom is -0.381 e. The second kappa shape index (κ2) is 3.76. The Labute approximate surface area is 73.1 Å². The topological polar surface area (TPSA) is 14.2 Å². The first-order chi connectivity index (χ1) is 5.95. The van der Waals surface area contributed by atoms with Gasteiger partial charge in [-0.3, -0.25) is 0 Å². The normalized spacial score (nSPS) is 19.7. The zero-order valence-electron chi connectivity index (χ0n) is 7.28. The number of nitrogens with zero attached hydrogens (tertiary/aromatic N) is 1. The third-order valence-electron chi connectivity index (χ3n) is 2.48. The summed E-state index contributed by atoms with van der Waals surface area (Å²) in [7, 11) is 0. The van der Waals surface area contributed by atoms with Crippen molar-refractivity contribution >= 4 is 0 Å². The molecule has 0 aliphatic carbocycles. The third kappa shape index (κ3) is 1.89. The van der Waals surface area contributed by atoms with Gasteiger partial charge in [-0.2, -0.15) is 0 Å². The average Bonchev–Trinajstić information content (AvgIpc) is 2.59. The smallest absolute Gasteiger partial charge is 0.0469 e. The Morgan fingerprint density at radius 1 is 1.17 bits per heavy atom. The van der Waals surface area contributed by atoms with E-state index in [1.807, 2.05) is 0 Å². The van der Waals surface area contributed by atoms with E-state index in [4.69, 9.17) is 4.74 Å². The van der Waals surface area contributed by atoms with Crippen LogP contribution in [0.3, 0.4) is 0 Å². The molecule has 0 amide bonds. The summed E-state index contributed by atoms with van der Waals surface area (Å²) < 4.78 is 7.57. The van der Waals surface area contributed by atoms with Crippen molar-refractivity contribution in [1.82, 2.24) is 4.57 Å². The highest BCUT2D eigenvalue weighted by Gasteiger charge is 2.13. The number of aromatic nitrogens is 1. The summed E-state index contributed by atoms with van der Waals surface area (Å²) in [5.74, 6) is 0.825. The molecule has 0 N–H and O–H groups in total. The summed E-state index contributed by atoms with van der Waals surface area (Å²) in [5, 5.41) is 0. The fourth-order valence-electron chi connectivity index (χ4n) is 1.72. The molecule has 1 aliphatic heterocycles. The standard InChI is InChI=1S/C10H15NO/c1-2-6-11(5-1)9-10-3-7-12-8-4-10/h1-2,5-6,10H,3-4,7-9H2. The SMILES string of the molecule is c1ccn(CC2CCOCC2)c1. The first-order valence-corrected chi connectivity index (χ1v) is 4.63. The Hall–Kier alpha value is -0.760. The largest absolute Gasteiger partial charge is 0.381 e. The van der Waals surface area contributed by atoms with E-state index in [0.29, 0.717) is 0 Å². The second-order valence-electron chi connectivity index (χ2n) is 3.44. The van der Waals surface area contributed by atoms with Crippen LogP contribution in [-0.2, 0) is 11.3 Å². The Bertz CT molecular complexity index is 212. The quantitative estimate of drug-likeness (QED) is 0.653. The molecule has 2 heterocycles. The second-order valence-corrected chi connectivity index (χ2v) is 3.44. The highest BCUT2D eigenvalue weighted by molar-refractivity contribution is 4.90. The highest BCUT2D eigenvalue weighted by Crippen LogP contribution is 2.16. The zero-order chi connectivity index (χ0) is 8.23. The molecule has 0 unspecified atom stereocenters. The number of ether oxygens (including phenoxy) is 1. The molecule has 1 aliphatic rings. The first-order valence-electron chi connectivity index (χ1n) is 4.63. The Kier molecular flexibility index (Phi) is 2.47. The molecule has 2 nitrogen and oxygen atoms in total. The lowest BCUT2D eigenvalue weighted by Crippen LogP contribution is -2.19. The van der Waals surface area contributed by atoms with Crippen LogP contribution in [0.25, 0.3) is 0 Å². The Morgan fingerprint density at radius 3 is 2.50 bits per heavy atom. The van der Waals surface area contributed by atoms with E-state index in [9.17, 15) is 0 Å². The molecule has 0 atom stereocenters. The fourth-order valence-corrected chi connectivity index (χ4v) is 1.72. The lowest BCUT2D eigenvalue weighted by Gasteiger charge is -2.22. The molecule has 0 aromatic carbocycles. The zero-order valence-corrected chi connectivity index (χ0v) is 7.28. The molecule has 0 radical (unpaired) electrons. The van der Waals surface area contributed by atoms with Crippen LogP contribution < -0.4 is 0 Å². The maximum Gasteiger partial charge on any atom is 0.0469 e. The van der Waals surface area contributed by atoms with E-state index >= 15 is 0 Å². The predicted molar refractivity (Wildman–Crippen MR) is 48.0 cm³/mol. The van der Waals surface area contributed by atoms with E-state index in [1.165, 1.54) is 12.8 Å². The molecule has 1 aromatic rings. The van der Waals surface area contributed by atoms with Gasteiger partial charge in [0, 0.05) is 32.2 Å². The minimum absolute atomic E-state index is 0.825. The summed E-state index contributed by atoms with van der Waals surface area (Å²) in [6, 6.07) is 4.17. The van der Waals surface area contributed by atoms with E-state index in [2.05, 4.69) is 29.1 Å². The van der Waals surface area contributed by atoms with E-state index in [-0.39, 0.29) is 0 Å². The molecular formula is C10H15NO. The van der Waals surface area contributed by atoms with Crippen LogP contribution >= 0.6 is 0 Å². The molecule has 1 fully saturated rings. The summed E-state index contributed by atoms with van der Waals surface area (Å²) in [6.07, 6.45) is 6.71. The van der Waals surface area contributed by atoms with E-state index < -0.39 is 0 Å². The molecular weight excluding hydrogens is 150 g/mol.